The lowest BCUT2D eigenvalue weighted by Crippen LogP contribution is -2.26. The Balaban J connectivity index is 2.46. The topological polar surface area (TPSA) is 58.9 Å². The number of aliphatic hydroxyl groups excluding tert-OH is 1. The van der Waals surface area contributed by atoms with E-state index in [1.807, 2.05) is 0 Å². The Morgan fingerprint density at radius 1 is 1.08 bits per heavy atom. The molecule has 0 aliphatic carbocycles. The van der Waals surface area contributed by atoms with Crippen molar-refractivity contribution >= 4 is 23.4 Å². The van der Waals surface area contributed by atoms with E-state index < -0.39 is 23.3 Å². The first kappa shape index (κ1) is 19.2. The number of aliphatic imine (C=N–C) groups is 1. The number of ether oxygens (including phenoxy) is 1. The fourth-order valence-electron chi connectivity index (χ4n) is 2.05. The number of carbonyl (C=O) groups excluding carboxylic acids is 1. The second kappa shape index (κ2) is 7.86. The number of methoxy groups -OCH3 is 1. The summed E-state index contributed by atoms with van der Waals surface area (Å²) in [5.41, 5.74) is 0.314. The standard InChI is InChI=1S/C19H16F3NO3/c1-12-3-5-13(6-4-12)17(24)16(18(25)19(20,21)22)11-23-14-7-9-15(26-2)10-8-14/h3-11,24H,1-2H3. The summed E-state index contributed by atoms with van der Waals surface area (Å²) in [4.78, 5) is 15.6. The van der Waals surface area contributed by atoms with Crippen molar-refractivity contribution in [2.45, 2.75) is 13.1 Å². The van der Waals surface area contributed by atoms with Gasteiger partial charge in [0.1, 0.15) is 11.5 Å². The van der Waals surface area contributed by atoms with Gasteiger partial charge in [0.05, 0.1) is 18.4 Å². The summed E-state index contributed by atoms with van der Waals surface area (Å²) in [7, 11) is 1.47. The number of benzene rings is 2. The minimum atomic E-state index is -5.14. The highest BCUT2D eigenvalue weighted by molar-refractivity contribution is 6.20. The molecule has 0 radical (unpaired) electrons. The minimum absolute atomic E-state index is 0.0874. The third kappa shape index (κ3) is 4.72. The van der Waals surface area contributed by atoms with Crippen LogP contribution in [0, 0.1) is 6.92 Å². The Labute approximate surface area is 148 Å². The molecule has 0 bridgehead atoms. The molecule has 136 valence electrons. The highest BCUT2D eigenvalue weighted by atomic mass is 19.4. The van der Waals surface area contributed by atoms with Crippen molar-refractivity contribution < 1.29 is 27.8 Å². The molecule has 4 nitrogen and oxygen atoms in total. The number of carbonyl (C=O) groups is 1. The average Bonchev–Trinajstić information content (AvgIpc) is 2.62. The fourth-order valence-corrected chi connectivity index (χ4v) is 2.05. The van der Waals surface area contributed by atoms with Crippen LogP contribution in [0.15, 0.2) is 59.1 Å². The Kier molecular flexibility index (Phi) is 5.82. The van der Waals surface area contributed by atoms with Crippen LogP contribution in [-0.4, -0.2) is 30.4 Å². The molecule has 1 N–H and O–H groups in total. The van der Waals surface area contributed by atoms with Gasteiger partial charge in [-0.1, -0.05) is 29.8 Å². The molecule has 0 saturated carbocycles. The lowest BCUT2D eigenvalue weighted by atomic mass is 10.0. The molecule has 26 heavy (non-hydrogen) atoms. The summed E-state index contributed by atoms with van der Waals surface area (Å²) in [6.07, 6.45) is -4.42. The maximum absolute atomic E-state index is 12.9. The van der Waals surface area contributed by atoms with Gasteiger partial charge in [-0.2, -0.15) is 13.2 Å². The number of aryl methyl sites for hydroxylation is 1. The number of allylic oxidation sites excluding steroid dienone is 1. The van der Waals surface area contributed by atoms with Crippen LogP contribution in [0.1, 0.15) is 11.1 Å². The zero-order valence-electron chi connectivity index (χ0n) is 14.0. The zero-order chi connectivity index (χ0) is 19.3. The first-order chi connectivity index (χ1) is 12.2. The fraction of sp³-hybridized carbons (Fsp3) is 0.158. The van der Waals surface area contributed by atoms with Gasteiger partial charge in [-0.3, -0.25) is 9.79 Å². The van der Waals surface area contributed by atoms with E-state index in [-0.39, 0.29) is 5.56 Å². The monoisotopic (exact) mass is 363 g/mol. The van der Waals surface area contributed by atoms with Crippen molar-refractivity contribution in [3.63, 3.8) is 0 Å². The third-order valence-electron chi connectivity index (χ3n) is 3.50. The Hall–Kier alpha value is -3.09. The summed E-state index contributed by atoms with van der Waals surface area (Å²) in [5.74, 6) is -2.41. The normalized spacial score (nSPS) is 12.8. The molecule has 0 amide bonds. The van der Waals surface area contributed by atoms with E-state index >= 15 is 0 Å². The number of hydrogen-bond donors (Lipinski definition) is 1. The molecule has 2 rings (SSSR count). The molecule has 0 aliphatic heterocycles. The van der Waals surface area contributed by atoms with Crippen molar-refractivity contribution in [2.24, 2.45) is 4.99 Å². The quantitative estimate of drug-likeness (QED) is 0.471. The molecule has 0 fully saturated rings. The summed E-state index contributed by atoms with van der Waals surface area (Å²) in [6, 6.07) is 12.2. The van der Waals surface area contributed by atoms with Crippen molar-refractivity contribution in [2.75, 3.05) is 7.11 Å². The van der Waals surface area contributed by atoms with Crippen LogP contribution in [0.25, 0.3) is 5.76 Å². The molecule has 0 aliphatic rings. The molecule has 0 aromatic heterocycles. The summed E-state index contributed by atoms with van der Waals surface area (Å²) < 4.78 is 43.7. The predicted molar refractivity (Wildman–Crippen MR) is 92.9 cm³/mol. The van der Waals surface area contributed by atoms with Crippen LogP contribution in [0.4, 0.5) is 18.9 Å². The predicted octanol–water partition coefficient (Wildman–Crippen LogP) is 4.81. The molecule has 7 heteroatoms. The summed E-state index contributed by atoms with van der Waals surface area (Å²) in [6.45, 7) is 1.79. The van der Waals surface area contributed by atoms with Gasteiger partial charge in [0.25, 0.3) is 5.78 Å². The maximum Gasteiger partial charge on any atom is 0.455 e. The SMILES string of the molecule is COc1ccc(N=CC(C(=O)C(F)(F)F)=C(O)c2ccc(C)cc2)cc1. The van der Waals surface area contributed by atoms with Crippen LogP contribution in [0.3, 0.4) is 0 Å². The number of rotatable bonds is 5. The van der Waals surface area contributed by atoms with E-state index in [4.69, 9.17) is 4.74 Å². The van der Waals surface area contributed by atoms with Crippen LogP contribution >= 0.6 is 0 Å². The number of Topliss-reactive ketones (excluding diaryl/α,β-unsaturated/α-hetero) is 1. The summed E-state index contributed by atoms with van der Waals surface area (Å²) >= 11 is 0. The van der Waals surface area contributed by atoms with E-state index in [0.29, 0.717) is 17.7 Å². The molecule has 0 spiro atoms. The van der Waals surface area contributed by atoms with Gasteiger partial charge in [-0.15, -0.1) is 0 Å². The second-order valence-electron chi connectivity index (χ2n) is 5.41. The number of hydrogen-bond acceptors (Lipinski definition) is 4. The minimum Gasteiger partial charge on any atom is -0.506 e. The molecule has 2 aromatic carbocycles. The average molecular weight is 363 g/mol. The molecule has 0 saturated heterocycles. The van der Waals surface area contributed by atoms with Crippen molar-refractivity contribution in [1.82, 2.24) is 0 Å². The van der Waals surface area contributed by atoms with Crippen LogP contribution in [0.5, 0.6) is 5.75 Å². The first-order valence-electron chi connectivity index (χ1n) is 7.52. The van der Waals surface area contributed by atoms with E-state index in [9.17, 15) is 23.1 Å². The van der Waals surface area contributed by atoms with Crippen LogP contribution < -0.4 is 4.74 Å². The zero-order valence-corrected chi connectivity index (χ0v) is 14.0. The largest absolute Gasteiger partial charge is 0.506 e. The Bertz CT molecular complexity index is 836. The van der Waals surface area contributed by atoms with Crippen LogP contribution in [-0.2, 0) is 4.79 Å². The van der Waals surface area contributed by atoms with Crippen LogP contribution in [0.2, 0.25) is 0 Å². The molecule has 0 heterocycles. The van der Waals surface area contributed by atoms with Gasteiger partial charge < -0.3 is 9.84 Å². The Morgan fingerprint density at radius 2 is 1.65 bits per heavy atom. The van der Waals surface area contributed by atoms with Crippen molar-refractivity contribution in [3.8, 4) is 5.75 Å². The third-order valence-corrected chi connectivity index (χ3v) is 3.50. The van der Waals surface area contributed by atoms with Gasteiger partial charge in [0.2, 0.25) is 0 Å². The smallest absolute Gasteiger partial charge is 0.455 e. The number of ketones is 1. The highest BCUT2D eigenvalue weighted by Gasteiger charge is 2.41. The number of alkyl halides is 3. The van der Waals surface area contributed by atoms with Gasteiger partial charge in [0, 0.05) is 11.8 Å². The lowest BCUT2D eigenvalue weighted by Gasteiger charge is -2.09. The molecule has 2 aromatic rings. The number of aliphatic hydroxyl groups is 1. The van der Waals surface area contributed by atoms with Gasteiger partial charge in [-0.05, 0) is 31.2 Å². The molecular weight excluding hydrogens is 347 g/mol. The van der Waals surface area contributed by atoms with Crippen molar-refractivity contribution in [3.05, 3.63) is 65.2 Å². The van der Waals surface area contributed by atoms with E-state index in [2.05, 4.69) is 4.99 Å². The second-order valence-corrected chi connectivity index (χ2v) is 5.41. The molecular formula is C19H16F3NO3. The maximum atomic E-state index is 12.9. The number of nitrogens with zero attached hydrogens (tertiary/aromatic N) is 1. The van der Waals surface area contributed by atoms with E-state index in [1.165, 1.54) is 31.4 Å². The van der Waals surface area contributed by atoms with Gasteiger partial charge in [-0.25, -0.2) is 0 Å². The van der Waals surface area contributed by atoms with E-state index in [0.717, 1.165) is 5.56 Å². The Morgan fingerprint density at radius 3 is 2.15 bits per heavy atom. The van der Waals surface area contributed by atoms with E-state index in [1.54, 1.807) is 31.2 Å². The summed E-state index contributed by atoms with van der Waals surface area (Å²) in [5, 5.41) is 10.2. The van der Waals surface area contributed by atoms with Gasteiger partial charge >= 0.3 is 6.18 Å². The first-order valence-corrected chi connectivity index (χ1v) is 7.52. The lowest BCUT2D eigenvalue weighted by molar-refractivity contribution is -0.165. The highest BCUT2D eigenvalue weighted by Crippen LogP contribution is 2.26. The number of halogens is 3. The molecule has 0 unspecified atom stereocenters. The molecule has 0 atom stereocenters. The van der Waals surface area contributed by atoms with Gasteiger partial charge in [0.15, 0.2) is 0 Å². The van der Waals surface area contributed by atoms with Crippen molar-refractivity contribution in [1.29, 1.82) is 0 Å².